The Balaban J connectivity index is 1.95. The number of hydrogen-bond acceptors (Lipinski definition) is 5. The number of carboxylic acids is 1. The molecule has 1 aliphatic rings. The molecule has 3 N–H and O–H groups in total. The van der Waals surface area contributed by atoms with E-state index in [0.29, 0.717) is 12.1 Å². The Morgan fingerprint density at radius 1 is 1.32 bits per heavy atom. The second kappa shape index (κ2) is 9.61. The van der Waals surface area contributed by atoms with Gasteiger partial charge in [-0.15, -0.1) is 0 Å². The lowest BCUT2D eigenvalue weighted by Gasteiger charge is -2.33. The first-order valence-electron chi connectivity index (χ1n) is 10.8. The number of nitrogens with zero attached hydrogens (tertiary/aromatic N) is 1. The molecule has 1 fully saturated rings. The summed E-state index contributed by atoms with van der Waals surface area (Å²) in [6.45, 7) is 6.03. The van der Waals surface area contributed by atoms with Crippen LogP contribution in [0.2, 0.25) is 5.02 Å². The highest BCUT2D eigenvalue weighted by atomic mass is 35.5. The monoisotopic (exact) mass is 487 g/mol. The number of aromatic carboxylic acids is 1. The lowest BCUT2D eigenvalue weighted by molar-refractivity contribution is -0.117. The lowest BCUT2D eigenvalue weighted by Crippen LogP contribution is -2.44. The van der Waals surface area contributed by atoms with Crippen LogP contribution in [0.5, 0.6) is 5.75 Å². The summed E-state index contributed by atoms with van der Waals surface area (Å²) in [5.41, 5.74) is -0.995. The molecule has 0 spiro atoms. The van der Waals surface area contributed by atoms with Crippen molar-refractivity contribution in [2.45, 2.75) is 51.1 Å². The molecule has 1 heterocycles. The van der Waals surface area contributed by atoms with Gasteiger partial charge in [0, 0.05) is 16.6 Å². The topological polar surface area (TPSA) is 111 Å². The predicted molar refractivity (Wildman–Crippen MR) is 127 cm³/mol. The Morgan fingerprint density at radius 2 is 2.03 bits per heavy atom. The van der Waals surface area contributed by atoms with Crippen molar-refractivity contribution in [3.05, 3.63) is 58.4 Å². The maximum absolute atomic E-state index is 15.0. The Labute approximate surface area is 202 Å². The van der Waals surface area contributed by atoms with E-state index in [4.69, 9.17) is 16.3 Å². The molecule has 0 aromatic heterocycles. The summed E-state index contributed by atoms with van der Waals surface area (Å²) in [4.78, 5) is 24.4. The summed E-state index contributed by atoms with van der Waals surface area (Å²) < 4.78 is 20.2. The second-order valence-corrected chi connectivity index (χ2v) is 10.1. The van der Waals surface area contributed by atoms with E-state index >= 15 is 0 Å². The highest BCUT2D eigenvalue weighted by molar-refractivity contribution is 6.30. The van der Waals surface area contributed by atoms with Crippen molar-refractivity contribution in [3.8, 4) is 11.8 Å². The van der Waals surface area contributed by atoms with Crippen LogP contribution in [0.25, 0.3) is 0 Å². The smallest absolute Gasteiger partial charge is 0.335 e. The number of carbonyl (C=O) groups excluding carboxylic acids is 1. The Hall–Kier alpha value is -3.15. The molecular formula is C25H27ClFN3O4. The molecule has 9 heteroatoms. The van der Waals surface area contributed by atoms with Gasteiger partial charge in [-0.05, 0) is 48.6 Å². The van der Waals surface area contributed by atoms with Crippen molar-refractivity contribution in [1.29, 1.82) is 5.26 Å². The van der Waals surface area contributed by atoms with Crippen molar-refractivity contribution in [2.75, 3.05) is 12.4 Å². The molecule has 2 aromatic rings. The normalized spacial score (nSPS) is 22.1. The fraction of sp³-hybridized carbons (Fsp3) is 0.400. The van der Waals surface area contributed by atoms with Crippen LogP contribution >= 0.6 is 11.6 Å². The molecule has 1 amide bonds. The number of hydrogen-bond donors (Lipinski definition) is 3. The average Bonchev–Trinajstić information content (AvgIpc) is 3.11. The highest BCUT2D eigenvalue weighted by Gasteiger charge is 2.53. The van der Waals surface area contributed by atoms with Crippen LogP contribution < -0.4 is 15.4 Å². The van der Waals surface area contributed by atoms with Gasteiger partial charge in [-0.25, -0.2) is 9.18 Å². The largest absolute Gasteiger partial charge is 0.495 e. The number of rotatable bonds is 6. The van der Waals surface area contributed by atoms with E-state index in [2.05, 4.69) is 16.7 Å². The zero-order valence-corrected chi connectivity index (χ0v) is 20.2. The number of ether oxygens (including phenoxy) is 1. The van der Waals surface area contributed by atoms with Gasteiger partial charge in [0.1, 0.15) is 17.0 Å². The third-order valence-electron chi connectivity index (χ3n) is 5.97. The van der Waals surface area contributed by atoms with Gasteiger partial charge in [0.2, 0.25) is 5.91 Å². The average molecular weight is 488 g/mol. The zero-order valence-electron chi connectivity index (χ0n) is 19.4. The predicted octanol–water partition coefficient (Wildman–Crippen LogP) is 4.75. The van der Waals surface area contributed by atoms with Gasteiger partial charge >= 0.3 is 5.97 Å². The minimum atomic E-state index is -1.29. The molecule has 7 nitrogen and oxygen atoms in total. The van der Waals surface area contributed by atoms with Crippen molar-refractivity contribution in [3.63, 3.8) is 0 Å². The molecule has 34 heavy (non-hydrogen) atoms. The summed E-state index contributed by atoms with van der Waals surface area (Å²) in [5.74, 6) is -1.97. The number of nitrogens with one attached hydrogen (secondary N) is 2. The number of amides is 1. The summed E-state index contributed by atoms with van der Waals surface area (Å²) in [5, 5.41) is 25.7. The van der Waals surface area contributed by atoms with Crippen LogP contribution in [0.4, 0.5) is 10.1 Å². The standard InChI is InChI=1S/C25H27ClFN3O4/c1-24(2,3)12-21-25(13-28,16-7-6-15(26)10-17(16)27)11-19(29-21)22(31)30-18-8-5-14(23(32)33)9-20(18)34-4/h5-10,19,21,29H,11-12H2,1-4H3,(H,30,31)(H,32,33)/t19?,21-,25+/m0/s1. The van der Waals surface area contributed by atoms with Gasteiger partial charge in [-0.3, -0.25) is 4.79 Å². The molecule has 1 aliphatic heterocycles. The first kappa shape index (κ1) is 25.5. The van der Waals surface area contributed by atoms with Crippen LogP contribution in [0.3, 0.4) is 0 Å². The molecule has 1 unspecified atom stereocenters. The van der Waals surface area contributed by atoms with Gasteiger partial charge < -0.3 is 20.5 Å². The van der Waals surface area contributed by atoms with E-state index in [1.807, 2.05) is 20.8 Å². The Morgan fingerprint density at radius 3 is 2.59 bits per heavy atom. The highest BCUT2D eigenvalue weighted by Crippen LogP contribution is 2.44. The van der Waals surface area contributed by atoms with Gasteiger partial charge in [0.05, 0.1) is 30.5 Å². The van der Waals surface area contributed by atoms with Gasteiger partial charge in [-0.1, -0.05) is 38.4 Å². The Kier molecular flexibility index (Phi) is 7.20. The van der Waals surface area contributed by atoms with Crippen molar-refractivity contribution in [1.82, 2.24) is 5.32 Å². The van der Waals surface area contributed by atoms with Gasteiger partial charge in [-0.2, -0.15) is 5.26 Å². The number of nitriles is 1. The van der Waals surface area contributed by atoms with E-state index in [9.17, 15) is 24.3 Å². The molecule has 180 valence electrons. The minimum Gasteiger partial charge on any atom is -0.495 e. The quantitative estimate of drug-likeness (QED) is 0.542. The second-order valence-electron chi connectivity index (χ2n) is 9.66. The van der Waals surface area contributed by atoms with E-state index in [1.165, 1.54) is 43.5 Å². The van der Waals surface area contributed by atoms with Crippen molar-refractivity contribution >= 4 is 29.2 Å². The van der Waals surface area contributed by atoms with E-state index in [0.717, 1.165) is 0 Å². The molecular weight excluding hydrogens is 461 g/mol. The van der Waals surface area contributed by atoms with Crippen LogP contribution in [0, 0.1) is 22.6 Å². The molecule has 3 atom stereocenters. The first-order valence-corrected chi connectivity index (χ1v) is 11.1. The third kappa shape index (κ3) is 5.16. The van der Waals surface area contributed by atoms with E-state index in [-0.39, 0.29) is 33.7 Å². The SMILES string of the molecule is COc1cc(C(=O)O)ccc1NC(=O)C1C[C@@](C#N)(c2ccc(Cl)cc2F)[C@H](CC(C)(C)C)N1. The maximum atomic E-state index is 15.0. The van der Waals surface area contributed by atoms with Gasteiger partial charge in [0.15, 0.2) is 0 Å². The third-order valence-corrected chi connectivity index (χ3v) is 6.21. The molecule has 1 saturated heterocycles. The fourth-order valence-corrected chi connectivity index (χ4v) is 4.56. The number of carbonyl (C=O) groups is 2. The maximum Gasteiger partial charge on any atom is 0.335 e. The van der Waals surface area contributed by atoms with E-state index < -0.39 is 35.2 Å². The van der Waals surface area contributed by atoms with Crippen LogP contribution in [0.15, 0.2) is 36.4 Å². The zero-order chi connectivity index (χ0) is 25.3. The summed E-state index contributed by atoms with van der Waals surface area (Å²) >= 11 is 5.93. The molecule has 3 rings (SSSR count). The summed E-state index contributed by atoms with van der Waals surface area (Å²) in [7, 11) is 1.37. The summed E-state index contributed by atoms with van der Waals surface area (Å²) in [6.07, 6.45) is 0.563. The van der Waals surface area contributed by atoms with Gasteiger partial charge in [0.25, 0.3) is 0 Å². The molecule has 2 aromatic carbocycles. The molecule has 0 bridgehead atoms. The van der Waals surface area contributed by atoms with Crippen molar-refractivity contribution < 1.29 is 23.8 Å². The summed E-state index contributed by atoms with van der Waals surface area (Å²) in [6, 6.07) is 9.33. The number of benzene rings is 2. The Bertz CT molecular complexity index is 1160. The minimum absolute atomic E-state index is 0.0146. The molecule has 0 aliphatic carbocycles. The number of anilines is 1. The van der Waals surface area contributed by atoms with E-state index in [1.54, 1.807) is 0 Å². The number of methoxy groups -OCH3 is 1. The molecule has 0 saturated carbocycles. The first-order chi connectivity index (χ1) is 15.9. The van der Waals surface area contributed by atoms with Crippen molar-refractivity contribution in [2.24, 2.45) is 5.41 Å². The van der Waals surface area contributed by atoms with Crippen LogP contribution in [-0.4, -0.2) is 36.2 Å². The molecule has 0 radical (unpaired) electrons. The lowest BCUT2D eigenvalue weighted by atomic mass is 9.70. The number of carboxylic acid groups (broad SMARTS) is 1. The fourth-order valence-electron chi connectivity index (χ4n) is 4.40. The number of halogens is 2. The van der Waals surface area contributed by atoms with Crippen LogP contribution in [0.1, 0.15) is 49.5 Å². The van der Waals surface area contributed by atoms with Crippen LogP contribution in [-0.2, 0) is 10.2 Å².